The van der Waals surface area contributed by atoms with E-state index >= 15 is 35.1 Å². The lowest BCUT2D eigenvalue weighted by molar-refractivity contribution is 0.410. The summed E-state index contributed by atoms with van der Waals surface area (Å²) in [5, 5.41) is 5.88. The van der Waals surface area contributed by atoms with Crippen LogP contribution in [0.25, 0.3) is 22.3 Å². The van der Waals surface area contributed by atoms with Gasteiger partial charge in [-0.05, 0) is 140 Å². The number of aliphatic imine (C=N–C) groups is 2. The summed E-state index contributed by atoms with van der Waals surface area (Å²) in [6.07, 6.45) is 4.29. The summed E-state index contributed by atoms with van der Waals surface area (Å²) in [5.41, 5.74) is 9.26. The maximum Gasteiger partial charge on any atom is 0.199 e. The van der Waals surface area contributed by atoms with Crippen molar-refractivity contribution in [3.63, 3.8) is 0 Å². The van der Waals surface area contributed by atoms with Crippen molar-refractivity contribution in [1.29, 1.82) is 0 Å². The molecule has 0 bridgehead atoms. The van der Waals surface area contributed by atoms with Gasteiger partial charge in [0.05, 0.1) is 33.9 Å². The minimum Gasteiger partial charge on any atom is -0.352 e. The van der Waals surface area contributed by atoms with E-state index in [-0.39, 0.29) is 23.7 Å². The molecule has 398 valence electrons. The first-order chi connectivity index (χ1) is 36.2. The lowest BCUT2D eigenvalue weighted by atomic mass is 9.84. The summed E-state index contributed by atoms with van der Waals surface area (Å²) in [5.74, 6) is -14.7. The topological polar surface area (TPSA) is 48.8 Å². The summed E-state index contributed by atoms with van der Waals surface area (Å²) in [6.45, 7) is 23.5. The van der Waals surface area contributed by atoms with Crippen LogP contribution in [-0.4, -0.2) is 12.4 Å². The van der Waals surface area contributed by atoms with E-state index in [1.54, 1.807) is 0 Å². The first-order valence-electron chi connectivity index (χ1n) is 26.2. The van der Waals surface area contributed by atoms with Gasteiger partial charge in [0, 0.05) is 23.8 Å². The van der Waals surface area contributed by atoms with Gasteiger partial charge in [-0.1, -0.05) is 144 Å². The lowest BCUT2D eigenvalue weighted by Crippen LogP contribution is -2.10. The summed E-state index contributed by atoms with van der Waals surface area (Å²) >= 11 is 0. The van der Waals surface area contributed by atoms with Crippen molar-refractivity contribution >= 4 is 46.6 Å². The molecule has 0 saturated heterocycles. The highest BCUT2D eigenvalue weighted by atomic mass is 19.2. The second-order valence-corrected chi connectivity index (χ2v) is 20.3. The highest BCUT2D eigenvalue weighted by molar-refractivity contribution is 5.95. The van der Waals surface area contributed by atoms with Crippen molar-refractivity contribution in [2.75, 3.05) is 10.6 Å². The average molecular weight is 1040 g/mol. The molecular formula is C64H66F8N4. The van der Waals surface area contributed by atoms with Gasteiger partial charge in [0.25, 0.3) is 0 Å². The van der Waals surface area contributed by atoms with E-state index < -0.39 is 69.0 Å². The highest BCUT2D eigenvalue weighted by Crippen LogP contribution is 2.45. The Morgan fingerprint density at radius 3 is 0.908 bits per heavy atom. The number of hydrogen-bond donors (Lipinski definition) is 2. The zero-order valence-electron chi connectivity index (χ0n) is 45.3. The predicted octanol–water partition coefficient (Wildman–Crippen LogP) is 19.9. The maximum atomic E-state index is 16.0. The molecule has 0 amide bonds. The van der Waals surface area contributed by atoms with E-state index in [1.807, 2.05) is 168 Å². The molecule has 0 radical (unpaired) electrons. The fourth-order valence-electron chi connectivity index (χ4n) is 9.82. The zero-order chi connectivity index (χ0) is 55.4. The first-order valence-corrected chi connectivity index (χ1v) is 26.2. The number of hydrogen-bond acceptors (Lipinski definition) is 4. The number of aryl methyl sites for hydroxylation is 4. The monoisotopic (exact) mass is 1040 g/mol. The van der Waals surface area contributed by atoms with Gasteiger partial charge in [-0.2, -0.15) is 0 Å². The molecule has 0 atom stereocenters. The van der Waals surface area contributed by atoms with Gasteiger partial charge in [-0.3, -0.25) is 9.98 Å². The fraction of sp³-hybridized carbons (Fsp3) is 0.312. The molecule has 0 aliphatic rings. The molecule has 0 heterocycles. The van der Waals surface area contributed by atoms with E-state index in [0.717, 1.165) is 79.2 Å². The number of para-hydroxylation sites is 2. The van der Waals surface area contributed by atoms with Gasteiger partial charge in [-0.15, -0.1) is 0 Å². The molecule has 0 unspecified atom stereocenters. The van der Waals surface area contributed by atoms with Crippen molar-refractivity contribution in [3.05, 3.63) is 187 Å². The number of halogens is 8. The molecule has 0 fully saturated rings. The largest absolute Gasteiger partial charge is 0.352 e. The molecule has 0 aliphatic carbocycles. The first kappa shape index (κ1) is 56.6. The van der Waals surface area contributed by atoms with Crippen LogP contribution in [0.4, 0.5) is 69.2 Å². The normalized spacial score (nSPS) is 12.0. The Balaban J connectivity index is 1.37. The molecule has 76 heavy (non-hydrogen) atoms. The van der Waals surface area contributed by atoms with Crippen LogP contribution in [0, 0.1) is 46.5 Å². The second kappa shape index (κ2) is 23.9. The molecular weight excluding hydrogens is 977 g/mol. The van der Waals surface area contributed by atoms with Crippen molar-refractivity contribution in [2.45, 2.75) is 132 Å². The summed E-state index contributed by atoms with van der Waals surface area (Å²) < 4.78 is 124. The van der Waals surface area contributed by atoms with Gasteiger partial charge >= 0.3 is 0 Å². The molecule has 0 aliphatic heterocycles. The van der Waals surface area contributed by atoms with E-state index in [9.17, 15) is 0 Å². The molecule has 0 saturated carbocycles. The Labute approximate surface area is 442 Å². The molecule has 0 spiro atoms. The van der Waals surface area contributed by atoms with Gasteiger partial charge < -0.3 is 10.6 Å². The van der Waals surface area contributed by atoms with Crippen LogP contribution in [0.15, 0.2) is 94.9 Å². The summed E-state index contributed by atoms with van der Waals surface area (Å²) in [6, 6.07) is 26.9. The smallest absolute Gasteiger partial charge is 0.199 e. The molecule has 12 heteroatoms. The highest BCUT2D eigenvalue weighted by Gasteiger charge is 2.29. The number of nitrogens with one attached hydrogen (secondary N) is 2. The third kappa shape index (κ3) is 11.1. The third-order valence-corrected chi connectivity index (χ3v) is 14.1. The van der Waals surface area contributed by atoms with Crippen LogP contribution in [0.2, 0.25) is 0 Å². The quantitative estimate of drug-likeness (QED) is 0.0389. The van der Waals surface area contributed by atoms with E-state index in [2.05, 4.69) is 10.6 Å². The van der Waals surface area contributed by atoms with Crippen LogP contribution in [-0.2, 0) is 25.7 Å². The van der Waals surface area contributed by atoms with E-state index in [0.29, 0.717) is 48.4 Å². The van der Waals surface area contributed by atoms with Crippen molar-refractivity contribution in [1.82, 2.24) is 0 Å². The minimum atomic E-state index is -1.95. The second-order valence-electron chi connectivity index (χ2n) is 20.3. The lowest BCUT2D eigenvalue weighted by Gasteiger charge is -2.22. The van der Waals surface area contributed by atoms with Crippen LogP contribution < -0.4 is 10.6 Å². The Morgan fingerprint density at radius 1 is 0.368 bits per heavy atom. The molecule has 0 aromatic heterocycles. The SMILES string of the molecule is CCc1cccc(CC)c1Nc1c(F)c(F)c(F)c(F)c1C=Nc1c(C(C)C)cc(-c2ccccc2-c2cc(C(C)C)c(N=Cc3c(F)c(F)c(F)c(F)c3Nc3c(CC)cccc3CC)c(C(C)C)c2)cc1C(C)C. The zero-order valence-corrected chi connectivity index (χ0v) is 45.3. The number of benzene rings is 7. The Bertz CT molecular complexity index is 3050. The third-order valence-electron chi connectivity index (χ3n) is 14.1. The Hall–Kier alpha value is -7.08. The number of anilines is 4. The molecule has 7 rings (SSSR count). The van der Waals surface area contributed by atoms with E-state index in [4.69, 9.17) is 9.98 Å². The Morgan fingerprint density at radius 2 is 0.645 bits per heavy atom. The van der Waals surface area contributed by atoms with Crippen LogP contribution in [0.5, 0.6) is 0 Å². The molecule has 2 N–H and O–H groups in total. The fourth-order valence-corrected chi connectivity index (χ4v) is 9.82. The molecule has 4 nitrogen and oxygen atoms in total. The van der Waals surface area contributed by atoms with E-state index in [1.165, 1.54) is 0 Å². The van der Waals surface area contributed by atoms with Crippen LogP contribution >= 0.6 is 0 Å². The average Bonchev–Trinajstić information content (AvgIpc) is 3.42. The molecule has 7 aromatic rings. The van der Waals surface area contributed by atoms with Gasteiger partial charge in [-0.25, -0.2) is 35.1 Å². The van der Waals surface area contributed by atoms with Crippen molar-refractivity contribution < 1.29 is 35.1 Å². The number of nitrogens with zero attached hydrogens (tertiary/aromatic N) is 2. The summed E-state index contributed by atoms with van der Waals surface area (Å²) in [7, 11) is 0. The van der Waals surface area contributed by atoms with Gasteiger partial charge in [0.1, 0.15) is 0 Å². The predicted molar refractivity (Wildman–Crippen MR) is 298 cm³/mol. The summed E-state index contributed by atoms with van der Waals surface area (Å²) in [4.78, 5) is 9.61. The van der Waals surface area contributed by atoms with Gasteiger partial charge in [0.15, 0.2) is 46.5 Å². The Kier molecular flexibility index (Phi) is 17.8. The minimum absolute atomic E-state index is 0.152. The number of rotatable bonds is 18. The van der Waals surface area contributed by atoms with Crippen molar-refractivity contribution in [3.8, 4) is 22.3 Å². The standard InChI is InChI=1S/C64H66F8N4/c1-13-37-21-19-22-38(14-2)59(37)75-63-49(51(65)53(67)55(69)57(63)71)31-73-61-45(33(5)6)27-41(28-46(61)34(7)8)43-25-17-18-26-44(43)42-29-47(35(9)10)62(48(30-42)36(11)12)74-32-50-52(66)54(68)56(70)58(72)64(50)76-60-39(15-3)23-20-24-40(60)16-4/h17-36,75-76H,13-16H2,1-12H3. The van der Waals surface area contributed by atoms with Crippen molar-refractivity contribution in [2.24, 2.45) is 9.98 Å². The van der Waals surface area contributed by atoms with Crippen LogP contribution in [0.1, 0.15) is 162 Å². The van der Waals surface area contributed by atoms with Gasteiger partial charge in [0.2, 0.25) is 0 Å². The van der Waals surface area contributed by atoms with Crippen LogP contribution in [0.3, 0.4) is 0 Å². The maximum absolute atomic E-state index is 16.0. The molecule has 7 aromatic carbocycles.